The molecule has 118 valence electrons. The third-order valence-electron chi connectivity index (χ3n) is 2.35. The van der Waals surface area contributed by atoms with Crippen molar-refractivity contribution < 1.29 is 14.2 Å². The minimum Gasteiger partial charge on any atom is -0.494 e. The summed E-state index contributed by atoms with van der Waals surface area (Å²) in [5, 5.41) is 0. The molecule has 0 amide bonds. The topological polar surface area (TPSA) is 27.7 Å². The summed E-state index contributed by atoms with van der Waals surface area (Å²) < 4.78 is 16.0. The molecule has 0 saturated heterocycles. The molecule has 0 heterocycles. The summed E-state index contributed by atoms with van der Waals surface area (Å²) in [4.78, 5) is 0. The number of hydrogen-bond donors (Lipinski definition) is 0. The normalized spacial score (nSPS) is 11.4. The summed E-state index contributed by atoms with van der Waals surface area (Å²) in [5.74, 6) is 0.676. The third kappa shape index (κ3) is 17.5. The number of rotatable bonds is 8. The number of methoxy groups -OCH3 is 1. The molecule has 19 heavy (non-hydrogen) atoms. The quantitative estimate of drug-likeness (QED) is 0.460. The van der Waals surface area contributed by atoms with Gasteiger partial charge in [0.25, 0.3) is 0 Å². The lowest BCUT2D eigenvalue weighted by molar-refractivity contribution is -0.164. The second-order valence-corrected chi connectivity index (χ2v) is 4.51. The van der Waals surface area contributed by atoms with E-state index in [9.17, 15) is 0 Å². The van der Waals surface area contributed by atoms with Gasteiger partial charge in [0.05, 0.1) is 12.4 Å². The van der Waals surface area contributed by atoms with Crippen LogP contribution in [-0.4, -0.2) is 26.6 Å². The van der Waals surface area contributed by atoms with E-state index in [-0.39, 0.29) is 11.7 Å². The van der Waals surface area contributed by atoms with Gasteiger partial charge in [-0.15, -0.1) is 0 Å². The molecule has 0 aliphatic carbocycles. The van der Waals surface area contributed by atoms with Gasteiger partial charge in [0, 0.05) is 7.11 Å². The van der Waals surface area contributed by atoms with Gasteiger partial charge < -0.3 is 14.2 Å². The van der Waals surface area contributed by atoms with Gasteiger partial charge in [0.15, 0.2) is 6.29 Å². The molecule has 0 aromatic carbocycles. The van der Waals surface area contributed by atoms with Crippen LogP contribution in [0, 0.1) is 5.41 Å². The number of hydrogen-bond acceptors (Lipinski definition) is 3. The Morgan fingerprint density at radius 3 is 1.95 bits per heavy atom. The van der Waals surface area contributed by atoms with Gasteiger partial charge in [-0.25, -0.2) is 0 Å². The van der Waals surface area contributed by atoms with Crippen molar-refractivity contribution in [2.75, 3.05) is 20.3 Å². The molecule has 3 heteroatoms. The van der Waals surface area contributed by atoms with E-state index in [0.717, 1.165) is 6.42 Å². The fourth-order valence-corrected chi connectivity index (χ4v) is 0.815. The second-order valence-electron chi connectivity index (χ2n) is 4.51. The Labute approximate surface area is 121 Å². The van der Waals surface area contributed by atoms with Crippen LogP contribution in [0.1, 0.15) is 61.8 Å². The van der Waals surface area contributed by atoms with Crippen LogP contribution in [0.4, 0.5) is 0 Å². The lowest BCUT2D eigenvalue weighted by atomic mass is 9.92. The van der Waals surface area contributed by atoms with Crippen LogP contribution in [0.15, 0.2) is 12.3 Å². The van der Waals surface area contributed by atoms with Crippen molar-refractivity contribution in [2.24, 2.45) is 5.41 Å². The molecular weight excluding hydrogens is 240 g/mol. The van der Waals surface area contributed by atoms with Crippen molar-refractivity contribution >= 4 is 0 Å². The molecule has 3 nitrogen and oxygen atoms in total. The van der Waals surface area contributed by atoms with E-state index in [1.807, 2.05) is 34.6 Å². The van der Waals surface area contributed by atoms with Crippen molar-refractivity contribution in [3.63, 3.8) is 0 Å². The van der Waals surface area contributed by atoms with Crippen LogP contribution in [0.3, 0.4) is 0 Å². The summed E-state index contributed by atoms with van der Waals surface area (Å²) in [6, 6.07) is 0. The average Bonchev–Trinajstić information content (AvgIpc) is 2.43. The van der Waals surface area contributed by atoms with Crippen LogP contribution in [-0.2, 0) is 14.2 Å². The average molecular weight is 276 g/mol. The van der Waals surface area contributed by atoms with Crippen LogP contribution in [0.2, 0.25) is 0 Å². The standard InChI is InChI=1S/C12H24O3.2C2H6/c1-7-12(4,5)9-15-11(13-6)8-14-10(2)3;2*1-2/h11H,2,7-9H2,1,3-6H3;2*1-2H3. The zero-order valence-electron chi connectivity index (χ0n) is 14.6. The molecule has 1 atom stereocenters. The Morgan fingerprint density at radius 2 is 1.63 bits per heavy atom. The van der Waals surface area contributed by atoms with Gasteiger partial charge in [0.2, 0.25) is 0 Å². The number of ether oxygens (including phenoxy) is 3. The maximum Gasteiger partial charge on any atom is 0.191 e. The highest BCUT2D eigenvalue weighted by atomic mass is 16.7. The Balaban J connectivity index is -0.000000579. The lowest BCUT2D eigenvalue weighted by Gasteiger charge is -2.25. The van der Waals surface area contributed by atoms with E-state index in [2.05, 4.69) is 27.4 Å². The zero-order chi connectivity index (χ0) is 15.9. The van der Waals surface area contributed by atoms with E-state index >= 15 is 0 Å². The van der Waals surface area contributed by atoms with Gasteiger partial charge in [-0.1, -0.05) is 55.0 Å². The molecule has 0 fully saturated rings. The molecule has 0 aliphatic rings. The molecule has 1 unspecified atom stereocenters. The number of allylic oxidation sites excluding steroid dienone is 1. The summed E-state index contributed by atoms with van der Waals surface area (Å²) >= 11 is 0. The Kier molecular flexibility index (Phi) is 19.2. The van der Waals surface area contributed by atoms with E-state index in [0.29, 0.717) is 19.0 Å². The zero-order valence-corrected chi connectivity index (χ0v) is 14.6. The molecule has 0 aromatic rings. The first-order valence-corrected chi connectivity index (χ1v) is 7.34. The molecular formula is C16H36O3. The summed E-state index contributed by atoms with van der Waals surface area (Å²) in [5.41, 5.74) is 0.181. The SMILES string of the molecule is C=C(C)OCC(OC)OCC(C)(C)CC.CC.CC. The fraction of sp³-hybridized carbons (Fsp3) is 0.875. The predicted molar refractivity (Wildman–Crippen MR) is 84.3 cm³/mol. The van der Waals surface area contributed by atoms with E-state index in [1.165, 1.54) is 0 Å². The first-order chi connectivity index (χ1) is 8.91. The molecule has 0 rings (SSSR count). The van der Waals surface area contributed by atoms with Crippen LogP contribution in [0.25, 0.3) is 0 Å². The highest BCUT2D eigenvalue weighted by molar-refractivity contribution is 4.73. The van der Waals surface area contributed by atoms with Gasteiger partial charge in [-0.2, -0.15) is 0 Å². The maximum atomic E-state index is 5.61. The summed E-state index contributed by atoms with van der Waals surface area (Å²) in [6.45, 7) is 21.0. The second kappa shape index (κ2) is 15.5. The van der Waals surface area contributed by atoms with Gasteiger partial charge in [-0.05, 0) is 18.8 Å². The van der Waals surface area contributed by atoms with E-state index < -0.39 is 0 Å². The minimum atomic E-state index is -0.312. The highest BCUT2D eigenvalue weighted by Gasteiger charge is 2.18. The summed E-state index contributed by atoms with van der Waals surface area (Å²) in [7, 11) is 1.62. The Hall–Kier alpha value is -0.540. The Bertz CT molecular complexity index is 188. The molecule has 0 aliphatic heterocycles. The maximum absolute atomic E-state index is 5.61. The first kappa shape index (κ1) is 23.5. The van der Waals surface area contributed by atoms with Crippen molar-refractivity contribution in [2.45, 2.75) is 68.1 Å². The smallest absolute Gasteiger partial charge is 0.191 e. The van der Waals surface area contributed by atoms with Crippen molar-refractivity contribution in [1.82, 2.24) is 0 Å². The first-order valence-electron chi connectivity index (χ1n) is 7.34. The van der Waals surface area contributed by atoms with Crippen molar-refractivity contribution in [3.05, 3.63) is 12.3 Å². The van der Waals surface area contributed by atoms with Crippen LogP contribution < -0.4 is 0 Å². The van der Waals surface area contributed by atoms with E-state index in [1.54, 1.807) is 7.11 Å². The Morgan fingerprint density at radius 1 is 1.16 bits per heavy atom. The van der Waals surface area contributed by atoms with Crippen molar-refractivity contribution in [1.29, 1.82) is 0 Å². The third-order valence-corrected chi connectivity index (χ3v) is 2.35. The highest BCUT2D eigenvalue weighted by Crippen LogP contribution is 2.20. The van der Waals surface area contributed by atoms with Gasteiger partial charge in [0.1, 0.15) is 6.61 Å². The molecule has 0 N–H and O–H groups in total. The molecule has 0 bridgehead atoms. The van der Waals surface area contributed by atoms with Crippen LogP contribution in [0.5, 0.6) is 0 Å². The lowest BCUT2D eigenvalue weighted by Crippen LogP contribution is -2.28. The predicted octanol–water partition coefficient (Wildman–Crippen LogP) is 5.01. The molecule has 0 radical (unpaired) electrons. The molecule has 0 saturated carbocycles. The minimum absolute atomic E-state index is 0.181. The monoisotopic (exact) mass is 276 g/mol. The largest absolute Gasteiger partial charge is 0.494 e. The molecule has 0 spiro atoms. The van der Waals surface area contributed by atoms with Gasteiger partial charge >= 0.3 is 0 Å². The molecule has 0 aromatic heterocycles. The van der Waals surface area contributed by atoms with Crippen LogP contribution >= 0.6 is 0 Å². The van der Waals surface area contributed by atoms with E-state index in [4.69, 9.17) is 14.2 Å². The summed E-state index contributed by atoms with van der Waals surface area (Å²) in [6.07, 6.45) is 0.762. The van der Waals surface area contributed by atoms with Crippen molar-refractivity contribution in [3.8, 4) is 0 Å². The fourth-order valence-electron chi connectivity index (χ4n) is 0.815. The van der Waals surface area contributed by atoms with Gasteiger partial charge in [-0.3, -0.25) is 0 Å².